The molecule has 3 aliphatic rings. The number of nitrogens with one attached hydrogen (secondary N) is 2. The predicted octanol–water partition coefficient (Wildman–Crippen LogP) is 2.59. The lowest BCUT2D eigenvalue weighted by molar-refractivity contribution is -0.114. The number of thiazole rings is 1. The smallest absolute Gasteiger partial charge is 0.263 e. The lowest BCUT2D eigenvalue weighted by atomic mass is 9.84. The van der Waals surface area contributed by atoms with Crippen LogP contribution in [0.2, 0.25) is 0 Å². The molecule has 1 aromatic carbocycles. The van der Waals surface area contributed by atoms with E-state index in [1.165, 1.54) is 31.1 Å². The number of carbonyl (C=O) groups excluding carboxylic acids is 2. The van der Waals surface area contributed by atoms with Gasteiger partial charge in [0.15, 0.2) is 0 Å². The summed E-state index contributed by atoms with van der Waals surface area (Å²) in [6.45, 7) is 4.74. The Labute approximate surface area is 156 Å². The summed E-state index contributed by atoms with van der Waals surface area (Å²) in [7, 11) is 0. The van der Waals surface area contributed by atoms with E-state index in [4.69, 9.17) is 0 Å². The van der Waals surface area contributed by atoms with Crippen LogP contribution >= 0.6 is 11.3 Å². The van der Waals surface area contributed by atoms with Crippen molar-refractivity contribution in [3.63, 3.8) is 0 Å². The Morgan fingerprint density at radius 3 is 2.69 bits per heavy atom. The van der Waals surface area contributed by atoms with Gasteiger partial charge in [-0.2, -0.15) is 0 Å². The Kier molecular flexibility index (Phi) is 4.74. The fourth-order valence-electron chi connectivity index (χ4n) is 3.84. The molecule has 2 amide bonds. The molecule has 3 aliphatic heterocycles. The summed E-state index contributed by atoms with van der Waals surface area (Å²) in [4.78, 5) is 31.5. The van der Waals surface area contributed by atoms with Gasteiger partial charge in [-0.1, -0.05) is 12.1 Å². The first kappa shape index (κ1) is 17.2. The van der Waals surface area contributed by atoms with E-state index >= 15 is 0 Å². The van der Waals surface area contributed by atoms with E-state index in [1.54, 1.807) is 6.20 Å². The van der Waals surface area contributed by atoms with Crippen molar-refractivity contribution >= 4 is 28.8 Å². The maximum absolute atomic E-state index is 12.7. The van der Waals surface area contributed by atoms with Crippen LogP contribution in [0.25, 0.3) is 10.6 Å². The summed E-state index contributed by atoms with van der Waals surface area (Å²) in [5.41, 5.74) is 1.54. The highest BCUT2D eigenvalue weighted by Gasteiger charge is 2.35. The number of aromatic nitrogens is 1. The Bertz CT molecular complexity index is 826. The standard InChI is InChI=1S/C19H22N4O2S/c1-12(24)21-15-5-3-2-4-14(15)19-20-10-17(26-19)18(25)22-16-11-23-8-6-13(16)7-9-23/h2-5,10,13,16H,6-9,11H2,1H3,(H,21,24)(H,22,25)/t16-/m0/s1. The van der Waals surface area contributed by atoms with Crippen molar-refractivity contribution in [1.82, 2.24) is 15.2 Å². The number of amides is 2. The molecule has 2 aromatic rings. The summed E-state index contributed by atoms with van der Waals surface area (Å²) in [5.74, 6) is 0.413. The van der Waals surface area contributed by atoms with E-state index in [9.17, 15) is 9.59 Å². The summed E-state index contributed by atoms with van der Waals surface area (Å²) in [6.07, 6.45) is 3.97. The first-order valence-electron chi connectivity index (χ1n) is 8.96. The number of hydrogen-bond donors (Lipinski definition) is 2. The molecule has 3 fully saturated rings. The Balaban J connectivity index is 1.50. The zero-order valence-corrected chi connectivity index (χ0v) is 15.5. The van der Waals surface area contributed by atoms with E-state index in [0.29, 0.717) is 16.5 Å². The van der Waals surface area contributed by atoms with Crippen LogP contribution in [0.3, 0.4) is 0 Å². The quantitative estimate of drug-likeness (QED) is 0.868. The number of hydrogen-bond acceptors (Lipinski definition) is 5. The number of rotatable bonds is 4. The molecule has 136 valence electrons. The second-order valence-electron chi connectivity index (χ2n) is 6.97. The first-order valence-corrected chi connectivity index (χ1v) is 9.78. The Morgan fingerprint density at radius 2 is 2.00 bits per heavy atom. The number of piperidine rings is 3. The molecule has 0 saturated carbocycles. The monoisotopic (exact) mass is 370 g/mol. The van der Waals surface area contributed by atoms with Gasteiger partial charge in [0.1, 0.15) is 9.88 Å². The molecule has 3 saturated heterocycles. The van der Waals surface area contributed by atoms with Crippen molar-refractivity contribution in [3.05, 3.63) is 35.3 Å². The summed E-state index contributed by atoms with van der Waals surface area (Å²) < 4.78 is 0. The van der Waals surface area contributed by atoms with Crippen LogP contribution in [0.4, 0.5) is 5.69 Å². The van der Waals surface area contributed by atoms with E-state index in [1.807, 2.05) is 24.3 Å². The second-order valence-corrected chi connectivity index (χ2v) is 8.01. The van der Waals surface area contributed by atoms with Crippen LogP contribution in [0, 0.1) is 5.92 Å². The third kappa shape index (κ3) is 3.50. The molecule has 7 heteroatoms. The van der Waals surface area contributed by atoms with Gasteiger partial charge in [0.25, 0.3) is 5.91 Å². The van der Waals surface area contributed by atoms with Crippen LogP contribution in [0.1, 0.15) is 29.4 Å². The van der Waals surface area contributed by atoms with Crippen molar-refractivity contribution < 1.29 is 9.59 Å². The number of carbonyl (C=O) groups is 2. The zero-order valence-electron chi connectivity index (χ0n) is 14.7. The number of benzene rings is 1. The van der Waals surface area contributed by atoms with Gasteiger partial charge in [-0.25, -0.2) is 4.98 Å². The largest absolute Gasteiger partial charge is 0.347 e. The third-order valence-corrected chi connectivity index (χ3v) is 6.20. The van der Waals surface area contributed by atoms with Gasteiger partial charge in [0.05, 0.1) is 11.9 Å². The number of para-hydroxylation sites is 1. The van der Waals surface area contributed by atoms with E-state index < -0.39 is 0 Å². The van der Waals surface area contributed by atoms with Crippen LogP contribution in [-0.4, -0.2) is 47.4 Å². The van der Waals surface area contributed by atoms with Crippen molar-refractivity contribution in [3.8, 4) is 10.6 Å². The second kappa shape index (κ2) is 7.17. The van der Waals surface area contributed by atoms with E-state index in [2.05, 4.69) is 20.5 Å². The summed E-state index contributed by atoms with van der Waals surface area (Å²) >= 11 is 1.36. The number of anilines is 1. The van der Waals surface area contributed by atoms with Crippen LogP contribution < -0.4 is 10.6 Å². The molecule has 0 radical (unpaired) electrons. The topological polar surface area (TPSA) is 74.3 Å². The molecule has 2 bridgehead atoms. The Hall–Kier alpha value is -2.25. The average Bonchev–Trinajstić information content (AvgIpc) is 3.13. The molecular weight excluding hydrogens is 348 g/mol. The van der Waals surface area contributed by atoms with Crippen LogP contribution in [0.15, 0.2) is 30.5 Å². The molecule has 26 heavy (non-hydrogen) atoms. The average molecular weight is 370 g/mol. The molecule has 4 heterocycles. The lowest BCUT2D eigenvalue weighted by Crippen LogP contribution is -2.57. The van der Waals surface area contributed by atoms with Gasteiger partial charge in [-0.3, -0.25) is 9.59 Å². The minimum Gasteiger partial charge on any atom is -0.347 e. The molecule has 0 spiro atoms. The highest BCUT2D eigenvalue weighted by Crippen LogP contribution is 2.32. The van der Waals surface area contributed by atoms with Gasteiger partial charge >= 0.3 is 0 Å². The SMILES string of the molecule is CC(=O)Nc1ccccc1-c1ncc(C(=O)N[C@H]2CN3CCC2CC3)s1. The van der Waals surface area contributed by atoms with E-state index in [-0.39, 0.29) is 17.9 Å². The summed E-state index contributed by atoms with van der Waals surface area (Å²) in [5, 5.41) is 6.74. The van der Waals surface area contributed by atoms with Crippen molar-refractivity contribution in [2.75, 3.05) is 25.0 Å². The maximum atomic E-state index is 12.7. The highest BCUT2D eigenvalue weighted by molar-refractivity contribution is 7.17. The van der Waals surface area contributed by atoms with Gasteiger partial charge in [0.2, 0.25) is 5.91 Å². The molecular formula is C19H22N4O2S. The minimum atomic E-state index is -0.130. The fraction of sp³-hybridized carbons (Fsp3) is 0.421. The van der Waals surface area contributed by atoms with Crippen molar-refractivity contribution in [1.29, 1.82) is 0 Å². The minimum absolute atomic E-state index is 0.0514. The number of fused-ring (bicyclic) bond motifs is 3. The molecule has 6 nitrogen and oxygen atoms in total. The predicted molar refractivity (Wildman–Crippen MR) is 102 cm³/mol. The molecule has 0 unspecified atom stereocenters. The van der Waals surface area contributed by atoms with Gasteiger partial charge in [-0.15, -0.1) is 11.3 Å². The molecule has 2 N–H and O–H groups in total. The third-order valence-electron chi connectivity index (χ3n) is 5.17. The van der Waals surface area contributed by atoms with E-state index in [0.717, 1.165) is 30.2 Å². The molecule has 1 aromatic heterocycles. The summed E-state index contributed by atoms with van der Waals surface area (Å²) in [6, 6.07) is 7.74. The van der Waals surface area contributed by atoms with Crippen LogP contribution in [-0.2, 0) is 4.79 Å². The normalized spacial score (nSPS) is 24.3. The Morgan fingerprint density at radius 1 is 1.23 bits per heavy atom. The van der Waals surface area contributed by atoms with Crippen molar-refractivity contribution in [2.24, 2.45) is 5.92 Å². The molecule has 0 aliphatic carbocycles. The number of nitrogens with zero attached hydrogens (tertiary/aromatic N) is 2. The van der Waals surface area contributed by atoms with Gasteiger partial charge < -0.3 is 15.5 Å². The van der Waals surface area contributed by atoms with Crippen molar-refractivity contribution in [2.45, 2.75) is 25.8 Å². The lowest BCUT2D eigenvalue weighted by Gasteiger charge is -2.44. The molecule has 5 rings (SSSR count). The fourth-order valence-corrected chi connectivity index (χ4v) is 4.70. The zero-order chi connectivity index (χ0) is 18.1. The molecule has 1 atom stereocenters. The maximum Gasteiger partial charge on any atom is 0.263 e. The van der Waals surface area contributed by atoms with Gasteiger partial charge in [-0.05, 0) is 44.0 Å². The highest BCUT2D eigenvalue weighted by atomic mass is 32.1. The van der Waals surface area contributed by atoms with Crippen LogP contribution in [0.5, 0.6) is 0 Å². The first-order chi connectivity index (χ1) is 12.6. The van der Waals surface area contributed by atoms with Gasteiger partial charge in [0, 0.05) is 25.1 Å².